The minimum atomic E-state index is -0.734. The Morgan fingerprint density at radius 1 is 1.41 bits per heavy atom. The van der Waals surface area contributed by atoms with Crippen LogP contribution in [0.15, 0.2) is 0 Å². The Morgan fingerprint density at radius 2 is 2.06 bits per heavy atom. The van der Waals surface area contributed by atoms with Crippen LogP contribution in [0.4, 0.5) is 0 Å². The van der Waals surface area contributed by atoms with Crippen molar-refractivity contribution in [2.75, 3.05) is 32.8 Å². The summed E-state index contributed by atoms with van der Waals surface area (Å²) in [5.41, 5.74) is -0.712. The van der Waals surface area contributed by atoms with Crippen LogP contribution >= 0.6 is 0 Å². The highest BCUT2D eigenvalue weighted by Crippen LogP contribution is 2.31. The third kappa shape index (κ3) is 2.78. The van der Waals surface area contributed by atoms with E-state index in [0.717, 1.165) is 13.1 Å². The van der Waals surface area contributed by atoms with Crippen LogP contribution in [0.1, 0.15) is 20.3 Å². The SMILES string of the molecule is CC1CN(CC2(C(=O)O)CCOC2)CC(C)O1. The van der Waals surface area contributed by atoms with Crippen molar-refractivity contribution in [1.82, 2.24) is 4.90 Å². The average Bonchev–Trinajstić information content (AvgIpc) is 2.65. The van der Waals surface area contributed by atoms with Gasteiger partial charge in [0, 0.05) is 26.2 Å². The number of hydrogen-bond donors (Lipinski definition) is 1. The number of carboxylic acid groups (broad SMARTS) is 1. The number of carbonyl (C=O) groups is 1. The molecule has 2 aliphatic rings. The third-order valence-electron chi connectivity index (χ3n) is 3.58. The van der Waals surface area contributed by atoms with Gasteiger partial charge < -0.3 is 14.6 Å². The maximum Gasteiger partial charge on any atom is 0.313 e. The van der Waals surface area contributed by atoms with Crippen LogP contribution < -0.4 is 0 Å². The van der Waals surface area contributed by atoms with Gasteiger partial charge in [0.1, 0.15) is 5.41 Å². The van der Waals surface area contributed by atoms with Crippen LogP contribution in [0, 0.1) is 5.41 Å². The molecular weight excluding hydrogens is 222 g/mol. The first kappa shape index (κ1) is 12.8. The van der Waals surface area contributed by atoms with Gasteiger partial charge in [0.25, 0.3) is 0 Å². The molecular formula is C12H21NO4. The second kappa shape index (κ2) is 4.92. The van der Waals surface area contributed by atoms with Crippen LogP contribution in [-0.4, -0.2) is 61.0 Å². The maximum atomic E-state index is 11.4. The Kier molecular flexibility index (Phi) is 3.70. The molecule has 2 heterocycles. The summed E-state index contributed by atoms with van der Waals surface area (Å²) in [5, 5.41) is 9.39. The Labute approximate surface area is 102 Å². The summed E-state index contributed by atoms with van der Waals surface area (Å²) >= 11 is 0. The summed E-state index contributed by atoms with van der Waals surface area (Å²) in [6.45, 7) is 7.13. The quantitative estimate of drug-likeness (QED) is 0.786. The lowest BCUT2D eigenvalue weighted by Crippen LogP contribution is -2.51. The molecule has 3 atom stereocenters. The van der Waals surface area contributed by atoms with Gasteiger partial charge in [0.05, 0.1) is 18.8 Å². The molecule has 17 heavy (non-hydrogen) atoms. The summed E-state index contributed by atoms with van der Waals surface area (Å²) < 4.78 is 10.9. The van der Waals surface area contributed by atoms with E-state index in [-0.39, 0.29) is 12.2 Å². The Hall–Kier alpha value is -0.650. The molecule has 1 N–H and O–H groups in total. The van der Waals surface area contributed by atoms with E-state index in [2.05, 4.69) is 4.90 Å². The molecule has 98 valence electrons. The molecule has 0 aromatic rings. The lowest BCUT2D eigenvalue weighted by Gasteiger charge is -2.38. The van der Waals surface area contributed by atoms with Crippen LogP contribution in [0.25, 0.3) is 0 Å². The van der Waals surface area contributed by atoms with Gasteiger partial charge in [0.15, 0.2) is 0 Å². The number of nitrogens with zero attached hydrogens (tertiary/aromatic N) is 1. The lowest BCUT2D eigenvalue weighted by molar-refractivity contribution is -0.152. The molecule has 0 radical (unpaired) electrons. The molecule has 5 nitrogen and oxygen atoms in total. The fraction of sp³-hybridized carbons (Fsp3) is 0.917. The fourth-order valence-corrected chi connectivity index (χ4v) is 2.81. The van der Waals surface area contributed by atoms with E-state index in [0.29, 0.717) is 26.2 Å². The smallest absolute Gasteiger partial charge is 0.313 e. The number of carboxylic acids is 1. The molecule has 0 amide bonds. The van der Waals surface area contributed by atoms with Gasteiger partial charge in [-0.15, -0.1) is 0 Å². The number of ether oxygens (including phenoxy) is 2. The second-order valence-corrected chi connectivity index (χ2v) is 5.34. The van der Waals surface area contributed by atoms with E-state index in [1.807, 2.05) is 13.8 Å². The zero-order valence-corrected chi connectivity index (χ0v) is 10.5. The summed E-state index contributed by atoms with van der Waals surface area (Å²) in [7, 11) is 0. The topological polar surface area (TPSA) is 59.0 Å². The molecule has 0 bridgehead atoms. The van der Waals surface area contributed by atoms with Crippen molar-refractivity contribution < 1.29 is 19.4 Å². The van der Waals surface area contributed by atoms with E-state index >= 15 is 0 Å². The first-order valence-corrected chi connectivity index (χ1v) is 6.21. The van der Waals surface area contributed by atoms with Gasteiger partial charge >= 0.3 is 5.97 Å². The minimum absolute atomic E-state index is 0.173. The monoisotopic (exact) mass is 243 g/mol. The summed E-state index contributed by atoms with van der Waals surface area (Å²) in [6, 6.07) is 0. The molecule has 2 aliphatic heterocycles. The molecule has 0 aromatic carbocycles. The zero-order chi connectivity index (χ0) is 12.5. The molecule has 0 spiro atoms. The van der Waals surface area contributed by atoms with Crippen molar-refractivity contribution in [3.8, 4) is 0 Å². The molecule has 2 fully saturated rings. The Bertz CT molecular complexity index is 278. The van der Waals surface area contributed by atoms with E-state index in [4.69, 9.17) is 9.47 Å². The number of aliphatic carboxylic acids is 1. The molecule has 3 unspecified atom stereocenters. The molecule has 5 heteroatoms. The average molecular weight is 243 g/mol. The van der Waals surface area contributed by atoms with Gasteiger partial charge in [-0.25, -0.2) is 0 Å². The van der Waals surface area contributed by atoms with E-state index in [9.17, 15) is 9.90 Å². The van der Waals surface area contributed by atoms with Crippen molar-refractivity contribution in [3.63, 3.8) is 0 Å². The molecule has 0 aromatic heterocycles. The molecule has 0 aliphatic carbocycles. The van der Waals surface area contributed by atoms with E-state index < -0.39 is 11.4 Å². The Morgan fingerprint density at radius 3 is 2.53 bits per heavy atom. The van der Waals surface area contributed by atoms with Gasteiger partial charge in [-0.2, -0.15) is 0 Å². The third-order valence-corrected chi connectivity index (χ3v) is 3.58. The van der Waals surface area contributed by atoms with Crippen molar-refractivity contribution in [2.45, 2.75) is 32.5 Å². The predicted octanol–water partition coefficient (Wildman–Crippen LogP) is 0.587. The largest absolute Gasteiger partial charge is 0.481 e. The molecule has 2 saturated heterocycles. The lowest BCUT2D eigenvalue weighted by atomic mass is 9.86. The van der Waals surface area contributed by atoms with Gasteiger partial charge in [-0.05, 0) is 20.3 Å². The van der Waals surface area contributed by atoms with Crippen molar-refractivity contribution in [2.24, 2.45) is 5.41 Å². The first-order valence-electron chi connectivity index (χ1n) is 6.21. The summed E-state index contributed by atoms with van der Waals surface area (Å²) in [6.07, 6.45) is 0.960. The highest BCUT2D eigenvalue weighted by Gasteiger charge is 2.44. The van der Waals surface area contributed by atoms with Crippen molar-refractivity contribution >= 4 is 5.97 Å². The molecule has 0 saturated carbocycles. The van der Waals surface area contributed by atoms with Crippen LogP contribution in [0.2, 0.25) is 0 Å². The number of morpholine rings is 1. The second-order valence-electron chi connectivity index (χ2n) is 5.34. The van der Waals surface area contributed by atoms with Crippen molar-refractivity contribution in [1.29, 1.82) is 0 Å². The van der Waals surface area contributed by atoms with Gasteiger partial charge in [-0.3, -0.25) is 9.69 Å². The fourth-order valence-electron chi connectivity index (χ4n) is 2.81. The highest BCUT2D eigenvalue weighted by atomic mass is 16.5. The Balaban J connectivity index is 2.00. The number of rotatable bonds is 3. The van der Waals surface area contributed by atoms with Crippen LogP contribution in [-0.2, 0) is 14.3 Å². The van der Waals surface area contributed by atoms with Gasteiger partial charge in [0.2, 0.25) is 0 Å². The maximum absolute atomic E-state index is 11.4. The zero-order valence-electron chi connectivity index (χ0n) is 10.5. The van der Waals surface area contributed by atoms with E-state index in [1.165, 1.54) is 0 Å². The summed E-state index contributed by atoms with van der Waals surface area (Å²) in [5.74, 6) is -0.734. The molecule has 2 rings (SSSR count). The van der Waals surface area contributed by atoms with Gasteiger partial charge in [-0.1, -0.05) is 0 Å². The van der Waals surface area contributed by atoms with Crippen molar-refractivity contribution in [3.05, 3.63) is 0 Å². The standard InChI is InChI=1S/C12H21NO4/c1-9-5-13(6-10(2)17-9)7-12(11(14)15)3-4-16-8-12/h9-10H,3-8H2,1-2H3,(H,14,15). The normalized spacial score (nSPS) is 39.4. The number of hydrogen-bond acceptors (Lipinski definition) is 4. The summed E-state index contributed by atoms with van der Waals surface area (Å²) in [4.78, 5) is 13.6. The first-order chi connectivity index (χ1) is 8.02. The van der Waals surface area contributed by atoms with Crippen LogP contribution in [0.3, 0.4) is 0 Å². The van der Waals surface area contributed by atoms with E-state index in [1.54, 1.807) is 0 Å². The minimum Gasteiger partial charge on any atom is -0.481 e. The highest BCUT2D eigenvalue weighted by molar-refractivity contribution is 5.75. The van der Waals surface area contributed by atoms with Crippen LogP contribution in [0.5, 0.6) is 0 Å². The predicted molar refractivity (Wildman–Crippen MR) is 62.0 cm³/mol.